The standard InChI is InChI=1S/C12H23N3O3/c1-10-11(12(17-4)15(2)14-10)9-13-5-6-18-8-7-16-3/h13H,5-9H2,1-4H3. The fourth-order valence-electron chi connectivity index (χ4n) is 1.74. The van der Waals surface area contributed by atoms with E-state index in [0.29, 0.717) is 19.8 Å². The van der Waals surface area contributed by atoms with E-state index in [0.717, 1.165) is 30.2 Å². The second-order valence-electron chi connectivity index (χ2n) is 3.98. The van der Waals surface area contributed by atoms with Gasteiger partial charge in [-0.1, -0.05) is 0 Å². The molecule has 6 heteroatoms. The maximum absolute atomic E-state index is 5.36. The summed E-state index contributed by atoms with van der Waals surface area (Å²) in [6.45, 7) is 5.44. The van der Waals surface area contributed by atoms with E-state index in [1.807, 2.05) is 14.0 Å². The van der Waals surface area contributed by atoms with Crippen molar-refractivity contribution in [3.05, 3.63) is 11.3 Å². The lowest BCUT2D eigenvalue weighted by Crippen LogP contribution is -2.20. The van der Waals surface area contributed by atoms with Crippen molar-refractivity contribution >= 4 is 0 Å². The van der Waals surface area contributed by atoms with Gasteiger partial charge in [-0.05, 0) is 6.92 Å². The molecular formula is C12H23N3O3. The van der Waals surface area contributed by atoms with Crippen LogP contribution in [0.25, 0.3) is 0 Å². The first-order valence-corrected chi connectivity index (χ1v) is 6.04. The molecule has 0 radical (unpaired) electrons. The monoisotopic (exact) mass is 257 g/mol. The molecule has 0 bridgehead atoms. The summed E-state index contributed by atoms with van der Waals surface area (Å²) in [5.41, 5.74) is 2.08. The summed E-state index contributed by atoms with van der Waals surface area (Å²) in [7, 11) is 5.20. The Morgan fingerprint density at radius 1 is 1.22 bits per heavy atom. The molecule has 1 N–H and O–H groups in total. The molecule has 0 aliphatic carbocycles. The van der Waals surface area contributed by atoms with Crippen molar-refractivity contribution in [3.63, 3.8) is 0 Å². The number of rotatable bonds is 9. The van der Waals surface area contributed by atoms with Crippen LogP contribution in [-0.4, -0.2) is 50.4 Å². The van der Waals surface area contributed by atoms with Crippen molar-refractivity contribution < 1.29 is 14.2 Å². The second kappa shape index (κ2) is 8.07. The van der Waals surface area contributed by atoms with Gasteiger partial charge in [0.2, 0.25) is 5.88 Å². The SMILES string of the molecule is COCCOCCNCc1c(C)nn(C)c1OC. The maximum atomic E-state index is 5.36. The zero-order valence-corrected chi connectivity index (χ0v) is 11.7. The Kier molecular flexibility index (Phi) is 6.70. The van der Waals surface area contributed by atoms with Crippen LogP contribution in [0.15, 0.2) is 0 Å². The molecule has 0 atom stereocenters. The Morgan fingerprint density at radius 2 is 2.00 bits per heavy atom. The van der Waals surface area contributed by atoms with Crippen molar-refractivity contribution in [2.24, 2.45) is 7.05 Å². The molecule has 0 saturated heterocycles. The molecule has 104 valence electrons. The first kappa shape index (κ1) is 14.9. The van der Waals surface area contributed by atoms with Crippen LogP contribution in [0.4, 0.5) is 0 Å². The smallest absolute Gasteiger partial charge is 0.216 e. The van der Waals surface area contributed by atoms with Gasteiger partial charge >= 0.3 is 0 Å². The topological polar surface area (TPSA) is 57.5 Å². The molecule has 0 unspecified atom stereocenters. The Hall–Kier alpha value is -1.11. The Balaban J connectivity index is 2.27. The van der Waals surface area contributed by atoms with Gasteiger partial charge in [-0.15, -0.1) is 0 Å². The summed E-state index contributed by atoms with van der Waals surface area (Å²) in [4.78, 5) is 0. The zero-order valence-electron chi connectivity index (χ0n) is 11.7. The zero-order chi connectivity index (χ0) is 13.4. The van der Waals surface area contributed by atoms with Gasteiger partial charge < -0.3 is 19.5 Å². The van der Waals surface area contributed by atoms with Crippen molar-refractivity contribution in [2.75, 3.05) is 40.6 Å². The molecule has 0 aliphatic rings. The number of nitrogens with one attached hydrogen (secondary N) is 1. The number of aromatic nitrogens is 2. The van der Waals surface area contributed by atoms with Crippen LogP contribution >= 0.6 is 0 Å². The Morgan fingerprint density at radius 3 is 2.67 bits per heavy atom. The van der Waals surface area contributed by atoms with Crippen LogP contribution in [0.5, 0.6) is 5.88 Å². The first-order chi connectivity index (χ1) is 8.70. The lowest BCUT2D eigenvalue weighted by Gasteiger charge is -2.07. The van der Waals surface area contributed by atoms with Gasteiger partial charge in [-0.2, -0.15) is 5.10 Å². The van der Waals surface area contributed by atoms with E-state index in [1.54, 1.807) is 18.9 Å². The largest absolute Gasteiger partial charge is 0.481 e. The predicted molar refractivity (Wildman–Crippen MR) is 68.9 cm³/mol. The number of aryl methyl sites for hydroxylation is 2. The quantitative estimate of drug-likeness (QED) is 0.652. The molecule has 1 rings (SSSR count). The van der Waals surface area contributed by atoms with Gasteiger partial charge in [0.05, 0.1) is 38.2 Å². The molecule has 0 aromatic carbocycles. The summed E-state index contributed by atoms with van der Waals surface area (Å²) in [6, 6.07) is 0. The van der Waals surface area contributed by atoms with Gasteiger partial charge in [0.1, 0.15) is 0 Å². The lowest BCUT2D eigenvalue weighted by atomic mass is 10.2. The molecule has 0 aliphatic heterocycles. The predicted octanol–water partition coefficient (Wildman–Crippen LogP) is 0.490. The van der Waals surface area contributed by atoms with Crippen molar-refractivity contribution in [2.45, 2.75) is 13.5 Å². The Bertz CT molecular complexity index is 353. The molecule has 0 amide bonds. The molecular weight excluding hydrogens is 234 g/mol. The van der Waals surface area contributed by atoms with Gasteiger partial charge in [0.25, 0.3) is 0 Å². The summed E-state index contributed by atoms with van der Waals surface area (Å²) in [5.74, 6) is 0.806. The normalized spacial score (nSPS) is 10.9. The maximum Gasteiger partial charge on any atom is 0.216 e. The van der Waals surface area contributed by atoms with E-state index in [9.17, 15) is 0 Å². The third-order valence-electron chi connectivity index (χ3n) is 2.64. The van der Waals surface area contributed by atoms with Crippen LogP contribution in [0, 0.1) is 6.92 Å². The van der Waals surface area contributed by atoms with E-state index < -0.39 is 0 Å². The summed E-state index contributed by atoms with van der Waals surface area (Å²) < 4.78 is 17.3. The minimum absolute atomic E-state index is 0.632. The molecule has 0 saturated carbocycles. The Labute approximate surface area is 108 Å². The van der Waals surface area contributed by atoms with Gasteiger partial charge in [-0.3, -0.25) is 0 Å². The van der Waals surface area contributed by atoms with E-state index >= 15 is 0 Å². The highest BCUT2D eigenvalue weighted by atomic mass is 16.5. The molecule has 1 heterocycles. The number of methoxy groups -OCH3 is 2. The van der Waals surface area contributed by atoms with Crippen LogP contribution in [0.1, 0.15) is 11.3 Å². The van der Waals surface area contributed by atoms with E-state index in [4.69, 9.17) is 14.2 Å². The average Bonchev–Trinajstić information content (AvgIpc) is 2.62. The van der Waals surface area contributed by atoms with Crippen LogP contribution < -0.4 is 10.1 Å². The number of hydrogen-bond acceptors (Lipinski definition) is 5. The van der Waals surface area contributed by atoms with E-state index in [2.05, 4.69) is 10.4 Å². The molecule has 6 nitrogen and oxygen atoms in total. The highest BCUT2D eigenvalue weighted by molar-refractivity contribution is 5.30. The van der Waals surface area contributed by atoms with Gasteiger partial charge in [-0.25, -0.2) is 4.68 Å². The molecule has 18 heavy (non-hydrogen) atoms. The minimum atomic E-state index is 0.632. The fourth-order valence-corrected chi connectivity index (χ4v) is 1.74. The van der Waals surface area contributed by atoms with Gasteiger partial charge in [0, 0.05) is 27.2 Å². The van der Waals surface area contributed by atoms with Crippen LogP contribution in [0.2, 0.25) is 0 Å². The lowest BCUT2D eigenvalue weighted by molar-refractivity contribution is 0.0719. The van der Waals surface area contributed by atoms with Gasteiger partial charge in [0.15, 0.2) is 0 Å². The van der Waals surface area contributed by atoms with Crippen molar-refractivity contribution in [1.29, 1.82) is 0 Å². The van der Waals surface area contributed by atoms with E-state index in [1.165, 1.54) is 0 Å². The minimum Gasteiger partial charge on any atom is -0.481 e. The van der Waals surface area contributed by atoms with Crippen LogP contribution in [-0.2, 0) is 23.1 Å². The van der Waals surface area contributed by atoms with Crippen LogP contribution in [0.3, 0.4) is 0 Å². The fraction of sp³-hybridized carbons (Fsp3) is 0.750. The third kappa shape index (κ3) is 4.29. The van der Waals surface area contributed by atoms with Crippen molar-refractivity contribution in [3.8, 4) is 5.88 Å². The highest BCUT2D eigenvalue weighted by Crippen LogP contribution is 2.20. The number of hydrogen-bond donors (Lipinski definition) is 1. The number of nitrogens with zero attached hydrogens (tertiary/aromatic N) is 2. The van der Waals surface area contributed by atoms with E-state index in [-0.39, 0.29) is 0 Å². The highest BCUT2D eigenvalue weighted by Gasteiger charge is 2.12. The molecule has 1 aromatic rings. The number of ether oxygens (including phenoxy) is 3. The summed E-state index contributed by atoms with van der Waals surface area (Å²) in [5, 5.41) is 7.63. The average molecular weight is 257 g/mol. The second-order valence-corrected chi connectivity index (χ2v) is 3.98. The molecule has 0 fully saturated rings. The third-order valence-corrected chi connectivity index (χ3v) is 2.64. The molecule has 1 aromatic heterocycles. The van der Waals surface area contributed by atoms with Crippen molar-refractivity contribution in [1.82, 2.24) is 15.1 Å². The molecule has 0 spiro atoms. The summed E-state index contributed by atoms with van der Waals surface area (Å²) in [6.07, 6.45) is 0. The first-order valence-electron chi connectivity index (χ1n) is 6.04. The summed E-state index contributed by atoms with van der Waals surface area (Å²) >= 11 is 0.